The minimum absolute atomic E-state index is 0.0275. The average molecular weight is 208 g/mol. The monoisotopic (exact) mass is 208 g/mol. The second-order valence-electron chi connectivity index (χ2n) is 4.46. The number of nitrogens with zero attached hydrogens (tertiary/aromatic N) is 2. The fraction of sp³-hybridized carbons (Fsp3) is 0.833. The lowest BCUT2D eigenvalue weighted by Gasteiger charge is -2.40. The fourth-order valence-corrected chi connectivity index (χ4v) is 2.36. The SMILES string of the molecule is CCC(C#N)C(=O)N1[C@H](C)CCC[C@@H]1C. The largest absolute Gasteiger partial charge is 0.336 e. The predicted octanol–water partition coefficient (Wildman–Crippen LogP) is 2.33. The Kier molecular flexibility index (Phi) is 4.14. The van der Waals surface area contributed by atoms with Gasteiger partial charge in [-0.1, -0.05) is 6.92 Å². The number of piperidine rings is 1. The molecule has 1 fully saturated rings. The third-order valence-corrected chi connectivity index (χ3v) is 3.31. The number of nitriles is 1. The normalized spacial score (nSPS) is 28.3. The van der Waals surface area contributed by atoms with Gasteiger partial charge in [0.15, 0.2) is 0 Å². The maximum Gasteiger partial charge on any atom is 0.240 e. The Morgan fingerprint density at radius 1 is 1.47 bits per heavy atom. The second kappa shape index (κ2) is 5.16. The molecule has 1 amide bonds. The number of carbonyl (C=O) groups is 1. The number of likely N-dealkylation sites (tertiary alicyclic amines) is 1. The van der Waals surface area contributed by atoms with Crippen LogP contribution < -0.4 is 0 Å². The van der Waals surface area contributed by atoms with Crippen molar-refractivity contribution in [3.8, 4) is 6.07 Å². The molecule has 15 heavy (non-hydrogen) atoms. The molecule has 1 aliphatic heterocycles. The lowest BCUT2D eigenvalue weighted by atomic mass is 9.94. The summed E-state index contributed by atoms with van der Waals surface area (Å²) in [5, 5.41) is 8.90. The Morgan fingerprint density at radius 3 is 2.40 bits per heavy atom. The topological polar surface area (TPSA) is 44.1 Å². The van der Waals surface area contributed by atoms with Gasteiger partial charge in [0.25, 0.3) is 0 Å². The smallest absolute Gasteiger partial charge is 0.240 e. The van der Waals surface area contributed by atoms with Crippen LogP contribution in [0.5, 0.6) is 0 Å². The van der Waals surface area contributed by atoms with E-state index in [4.69, 9.17) is 5.26 Å². The molecule has 3 heteroatoms. The van der Waals surface area contributed by atoms with Gasteiger partial charge in [0.2, 0.25) is 5.91 Å². The molecule has 0 aromatic rings. The Morgan fingerprint density at radius 2 is 2.00 bits per heavy atom. The van der Waals surface area contributed by atoms with Crippen molar-refractivity contribution in [2.75, 3.05) is 0 Å². The fourth-order valence-electron chi connectivity index (χ4n) is 2.36. The number of amides is 1. The van der Waals surface area contributed by atoms with Crippen molar-refractivity contribution in [2.45, 2.75) is 58.5 Å². The van der Waals surface area contributed by atoms with Crippen molar-refractivity contribution in [1.82, 2.24) is 4.90 Å². The summed E-state index contributed by atoms with van der Waals surface area (Å²) in [5.41, 5.74) is 0. The summed E-state index contributed by atoms with van der Waals surface area (Å²) in [7, 11) is 0. The zero-order chi connectivity index (χ0) is 11.4. The summed E-state index contributed by atoms with van der Waals surface area (Å²) in [6.45, 7) is 6.06. The van der Waals surface area contributed by atoms with Crippen molar-refractivity contribution in [2.24, 2.45) is 5.92 Å². The maximum absolute atomic E-state index is 12.1. The first kappa shape index (κ1) is 12.0. The van der Waals surface area contributed by atoms with E-state index < -0.39 is 5.92 Å². The van der Waals surface area contributed by atoms with Gasteiger partial charge in [-0.25, -0.2) is 0 Å². The van der Waals surface area contributed by atoms with Gasteiger partial charge in [0, 0.05) is 12.1 Å². The van der Waals surface area contributed by atoms with E-state index in [1.165, 1.54) is 6.42 Å². The van der Waals surface area contributed by atoms with Crippen molar-refractivity contribution < 1.29 is 4.79 Å². The number of hydrogen-bond donors (Lipinski definition) is 0. The summed E-state index contributed by atoms with van der Waals surface area (Å²) < 4.78 is 0. The molecule has 1 aliphatic rings. The molecule has 1 heterocycles. The highest BCUT2D eigenvalue weighted by molar-refractivity contribution is 5.81. The van der Waals surface area contributed by atoms with Gasteiger partial charge < -0.3 is 4.90 Å². The molecule has 0 radical (unpaired) electrons. The zero-order valence-electron chi connectivity index (χ0n) is 9.86. The highest BCUT2D eigenvalue weighted by atomic mass is 16.2. The summed E-state index contributed by atoms with van der Waals surface area (Å²) in [4.78, 5) is 14.0. The molecule has 0 aromatic carbocycles. The van der Waals surface area contributed by atoms with E-state index in [0.717, 1.165) is 12.8 Å². The third-order valence-electron chi connectivity index (χ3n) is 3.31. The first-order chi connectivity index (χ1) is 7.11. The maximum atomic E-state index is 12.1. The quantitative estimate of drug-likeness (QED) is 0.699. The Hall–Kier alpha value is -1.04. The molecule has 84 valence electrons. The highest BCUT2D eigenvalue weighted by Crippen LogP contribution is 2.24. The van der Waals surface area contributed by atoms with Gasteiger partial charge in [-0.15, -0.1) is 0 Å². The summed E-state index contributed by atoms with van der Waals surface area (Å²) in [6, 6.07) is 2.69. The van der Waals surface area contributed by atoms with Gasteiger partial charge in [-0.3, -0.25) is 4.79 Å². The Bertz CT molecular complexity index is 259. The van der Waals surface area contributed by atoms with E-state index in [2.05, 4.69) is 19.9 Å². The summed E-state index contributed by atoms with van der Waals surface area (Å²) >= 11 is 0. The predicted molar refractivity (Wildman–Crippen MR) is 59.0 cm³/mol. The summed E-state index contributed by atoms with van der Waals surface area (Å²) in [6.07, 6.45) is 3.94. The van der Waals surface area contributed by atoms with E-state index >= 15 is 0 Å². The van der Waals surface area contributed by atoms with Crippen LogP contribution in [-0.2, 0) is 4.79 Å². The molecule has 0 N–H and O–H groups in total. The average Bonchev–Trinajstić information content (AvgIpc) is 2.19. The standard InChI is InChI=1S/C12H20N2O/c1-4-11(8-13)12(15)14-9(2)6-5-7-10(14)3/h9-11H,4-7H2,1-3H3/t9-,10+,11?. The van der Waals surface area contributed by atoms with Crippen molar-refractivity contribution >= 4 is 5.91 Å². The van der Waals surface area contributed by atoms with Gasteiger partial charge in [-0.05, 0) is 39.5 Å². The van der Waals surface area contributed by atoms with Crippen LogP contribution in [0, 0.1) is 17.2 Å². The molecule has 1 rings (SSSR count). The molecule has 0 saturated carbocycles. The second-order valence-corrected chi connectivity index (χ2v) is 4.46. The number of hydrogen-bond acceptors (Lipinski definition) is 2. The van der Waals surface area contributed by atoms with Crippen molar-refractivity contribution in [1.29, 1.82) is 5.26 Å². The van der Waals surface area contributed by atoms with E-state index in [-0.39, 0.29) is 5.91 Å². The molecular formula is C12H20N2O. The zero-order valence-corrected chi connectivity index (χ0v) is 9.86. The number of rotatable bonds is 2. The summed E-state index contributed by atoms with van der Waals surface area (Å²) in [5.74, 6) is -0.423. The van der Waals surface area contributed by atoms with Crippen LogP contribution in [0.1, 0.15) is 46.5 Å². The van der Waals surface area contributed by atoms with Crippen LogP contribution in [-0.4, -0.2) is 22.9 Å². The van der Waals surface area contributed by atoms with Gasteiger partial charge in [0.1, 0.15) is 5.92 Å². The van der Waals surface area contributed by atoms with E-state index in [1.807, 2.05) is 11.8 Å². The van der Waals surface area contributed by atoms with Crippen molar-refractivity contribution in [3.63, 3.8) is 0 Å². The first-order valence-corrected chi connectivity index (χ1v) is 5.83. The molecule has 0 bridgehead atoms. The molecule has 3 nitrogen and oxygen atoms in total. The number of carbonyl (C=O) groups excluding carboxylic acids is 1. The Balaban J connectivity index is 2.76. The molecule has 0 spiro atoms. The van der Waals surface area contributed by atoms with Crippen LogP contribution in [0.15, 0.2) is 0 Å². The van der Waals surface area contributed by atoms with Crippen LogP contribution in [0.25, 0.3) is 0 Å². The lowest BCUT2D eigenvalue weighted by molar-refractivity contribution is -0.140. The molecular weight excluding hydrogens is 188 g/mol. The molecule has 0 aliphatic carbocycles. The first-order valence-electron chi connectivity index (χ1n) is 5.83. The van der Waals surface area contributed by atoms with Gasteiger partial charge in [0.05, 0.1) is 6.07 Å². The molecule has 1 unspecified atom stereocenters. The molecule has 1 saturated heterocycles. The van der Waals surface area contributed by atoms with Crippen LogP contribution >= 0.6 is 0 Å². The van der Waals surface area contributed by atoms with Gasteiger partial charge >= 0.3 is 0 Å². The van der Waals surface area contributed by atoms with Crippen LogP contribution in [0.2, 0.25) is 0 Å². The Labute approximate surface area is 92.1 Å². The van der Waals surface area contributed by atoms with E-state index in [0.29, 0.717) is 18.5 Å². The van der Waals surface area contributed by atoms with Crippen LogP contribution in [0.4, 0.5) is 0 Å². The lowest BCUT2D eigenvalue weighted by Crippen LogP contribution is -2.49. The van der Waals surface area contributed by atoms with E-state index in [9.17, 15) is 4.79 Å². The minimum Gasteiger partial charge on any atom is -0.336 e. The molecule has 0 aromatic heterocycles. The third kappa shape index (κ3) is 2.50. The minimum atomic E-state index is -0.451. The molecule has 3 atom stereocenters. The van der Waals surface area contributed by atoms with Crippen molar-refractivity contribution in [3.05, 3.63) is 0 Å². The highest BCUT2D eigenvalue weighted by Gasteiger charge is 2.32. The van der Waals surface area contributed by atoms with E-state index in [1.54, 1.807) is 0 Å². The van der Waals surface area contributed by atoms with Crippen LogP contribution in [0.3, 0.4) is 0 Å². The van der Waals surface area contributed by atoms with Gasteiger partial charge in [-0.2, -0.15) is 5.26 Å².